The molecule has 1 amide bonds. The van der Waals surface area contributed by atoms with Crippen molar-refractivity contribution in [1.29, 1.82) is 5.26 Å². The smallest absolute Gasteiger partial charge is 0.267 e. The Labute approximate surface area is 170 Å². The molecule has 0 saturated carbocycles. The van der Waals surface area contributed by atoms with E-state index in [1.165, 1.54) is 11.6 Å². The van der Waals surface area contributed by atoms with E-state index in [0.29, 0.717) is 11.5 Å². The van der Waals surface area contributed by atoms with Gasteiger partial charge in [-0.15, -0.1) is 0 Å². The number of anilines is 1. The number of amides is 1. The summed E-state index contributed by atoms with van der Waals surface area (Å²) in [7, 11) is 3.98. The summed E-state index contributed by atoms with van der Waals surface area (Å²) in [5, 5.41) is 10.2. The maximum atomic E-state index is 11.3. The van der Waals surface area contributed by atoms with Crippen molar-refractivity contribution in [2.75, 3.05) is 38.6 Å². The van der Waals surface area contributed by atoms with E-state index in [4.69, 9.17) is 11.0 Å². The molecule has 0 bridgehead atoms. The molecule has 2 heterocycles. The van der Waals surface area contributed by atoms with Gasteiger partial charge in [0.25, 0.3) is 5.91 Å². The van der Waals surface area contributed by atoms with Gasteiger partial charge in [-0.2, -0.15) is 5.26 Å². The summed E-state index contributed by atoms with van der Waals surface area (Å²) in [5.41, 5.74) is 8.47. The number of fused-ring (bicyclic) bond motifs is 1. The van der Waals surface area contributed by atoms with Crippen molar-refractivity contribution in [2.45, 2.75) is 12.8 Å². The molecule has 8 nitrogen and oxygen atoms in total. The first-order chi connectivity index (χ1) is 14.0. The van der Waals surface area contributed by atoms with Gasteiger partial charge in [0.1, 0.15) is 5.69 Å². The first-order valence-corrected chi connectivity index (χ1v) is 9.50. The molecule has 3 N–H and O–H groups in total. The molecular formula is C21H25N7O. The van der Waals surface area contributed by atoms with Crippen LogP contribution in [0.15, 0.2) is 36.7 Å². The molecule has 0 aliphatic carbocycles. The second-order valence-corrected chi connectivity index (χ2v) is 7.12. The van der Waals surface area contributed by atoms with Crippen LogP contribution in [0.3, 0.4) is 0 Å². The summed E-state index contributed by atoms with van der Waals surface area (Å²) in [5.74, 6) is -0.0693. The third kappa shape index (κ3) is 5.09. The Bertz CT molecular complexity index is 1040. The fourth-order valence-electron chi connectivity index (χ4n) is 3.20. The largest absolute Gasteiger partial charge is 0.364 e. The lowest BCUT2D eigenvalue weighted by molar-refractivity contribution is 0.0995. The molecule has 0 aliphatic rings. The molecule has 150 valence electrons. The predicted molar refractivity (Wildman–Crippen MR) is 113 cm³/mol. The number of likely N-dealkylation sites (N-methyl/N-ethyl adjacent to an activating group) is 2. The predicted octanol–water partition coefficient (Wildman–Crippen LogP) is 1.93. The number of aromatic amines is 1. The molecule has 2 aromatic heterocycles. The molecule has 0 aliphatic heterocycles. The molecule has 0 radical (unpaired) electrons. The van der Waals surface area contributed by atoms with E-state index in [-0.39, 0.29) is 5.69 Å². The van der Waals surface area contributed by atoms with E-state index in [1.807, 2.05) is 36.3 Å². The summed E-state index contributed by atoms with van der Waals surface area (Å²) in [6.45, 7) is 2.52. The van der Waals surface area contributed by atoms with Gasteiger partial charge in [-0.05, 0) is 56.3 Å². The number of H-pyrrole nitrogens is 1. The van der Waals surface area contributed by atoms with Gasteiger partial charge in [-0.3, -0.25) is 4.79 Å². The zero-order chi connectivity index (χ0) is 20.8. The van der Waals surface area contributed by atoms with Gasteiger partial charge in [0.05, 0.1) is 11.6 Å². The Balaban J connectivity index is 1.48. The molecule has 0 fully saturated rings. The maximum absolute atomic E-state index is 11.3. The van der Waals surface area contributed by atoms with E-state index in [0.717, 1.165) is 43.4 Å². The number of nitrogens with two attached hydrogens (primary N) is 1. The Morgan fingerprint density at radius 1 is 1.24 bits per heavy atom. The molecule has 3 rings (SSSR count). The number of hydrogen-bond acceptors (Lipinski definition) is 6. The summed E-state index contributed by atoms with van der Waals surface area (Å²) < 4.78 is 0. The summed E-state index contributed by atoms with van der Waals surface area (Å²) in [6, 6.07) is 9.43. The number of aromatic nitrogens is 3. The number of nitrogens with one attached hydrogen (secondary N) is 1. The Morgan fingerprint density at radius 3 is 2.83 bits per heavy atom. The highest BCUT2D eigenvalue weighted by molar-refractivity contribution is 5.90. The average molecular weight is 391 g/mol. The van der Waals surface area contributed by atoms with Crippen molar-refractivity contribution < 1.29 is 4.79 Å². The SMILES string of the molecule is CN(CCCc1c[nH]c2ccc(C#N)cc12)CCN(C)c1nccc(C(N)=O)n1. The van der Waals surface area contributed by atoms with Crippen molar-refractivity contribution in [3.63, 3.8) is 0 Å². The zero-order valence-corrected chi connectivity index (χ0v) is 16.7. The Kier molecular flexibility index (Phi) is 6.42. The van der Waals surface area contributed by atoms with Gasteiger partial charge >= 0.3 is 0 Å². The lowest BCUT2D eigenvalue weighted by atomic mass is 10.1. The van der Waals surface area contributed by atoms with Gasteiger partial charge in [0.15, 0.2) is 0 Å². The van der Waals surface area contributed by atoms with E-state index < -0.39 is 5.91 Å². The fourth-order valence-corrected chi connectivity index (χ4v) is 3.20. The quantitative estimate of drug-likeness (QED) is 0.576. The van der Waals surface area contributed by atoms with Crippen LogP contribution in [-0.4, -0.2) is 59.5 Å². The van der Waals surface area contributed by atoms with Crippen molar-refractivity contribution in [3.05, 3.63) is 53.5 Å². The first kappa shape index (κ1) is 20.3. The zero-order valence-electron chi connectivity index (χ0n) is 16.7. The average Bonchev–Trinajstić information content (AvgIpc) is 3.14. The standard InChI is InChI=1S/C21H25N7O/c1-27(10-11-28(2)21-24-8-7-19(26-21)20(23)29)9-3-4-16-14-25-18-6-5-15(13-22)12-17(16)18/h5-8,12,14,25H,3-4,9-11H2,1-2H3,(H2,23,29). The molecule has 0 spiro atoms. The van der Waals surface area contributed by atoms with E-state index in [1.54, 1.807) is 6.20 Å². The first-order valence-electron chi connectivity index (χ1n) is 9.50. The van der Waals surface area contributed by atoms with Gasteiger partial charge in [-0.25, -0.2) is 9.97 Å². The summed E-state index contributed by atoms with van der Waals surface area (Å²) >= 11 is 0. The van der Waals surface area contributed by atoms with Crippen LogP contribution < -0.4 is 10.6 Å². The minimum Gasteiger partial charge on any atom is -0.364 e. The molecule has 1 aromatic carbocycles. The van der Waals surface area contributed by atoms with Crippen LogP contribution in [0, 0.1) is 11.3 Å². The van der Waals surface area contributed by atoms with Crippen LogP contribution in [0.2, 0.25) is 0 Å². The van der Waals surface area contributed by atoms with Gasteiger partial charge in [0, 0.05) is 43.4 Å². The number of rotatable bonds is 9. The van der Waals surface area contributed by atoms with Gasteiger partial charge < -0.3 is 20.5 Å². The van der Waals surface area contributed by atoms with Crippen LogP contribution in [0.1, 0.15) is 28.0 Å². The number of nitriles is 1. The third-order valence-electron chi connectivity index (χ3n) is 4.94. The number of primary amides is 1. The second kappa shape index (κ2) is 9.17. The second-order valence-electron chi connectivity index (χ2n) is 7.12. The van der Waals surface area contributed by atoms with E-state index >= 15 is 0 Å². The number of aryl methyl sites for hydroxylation is 1. The molecule has 0 unspecified atom stereocenters. The normalized spacial score (nSPS) is 11.0. The number of carbonyl (C=O) groups is 1. The highest BCUT2D eigenvalue weighted by Gasteiger charge is 2.10. The molecule has 3 aromatic rings. The fraction of sp³-hybridized carbons (Fsp3) is 0.333. The van der Waals surface area contributed by atoms with Gasteiger partial charge in [-0.1, -0.05) is 0 Å². The monoisotopic (exact) mass is 391 g/mol. The van der Waals surface area contributed by atoms with Crippen LogP contribution in [-0.2, 0) is 6.42 Å². The number of carbonyl (C=O) groups excluding carboxylic acids is 1. The van der Waals surface area contributed by atoms with E-state index in [9.17, 15) is 4.79 Å². The van der Waals surface area contributed by atoms with Crippen LogP contribution in [0.4, 0.5) is 5.95 Å². The number of hydrogen-bond donors (Lipinski definition) is 2. The van der Waals surface area contributed by atoms with Crippen molar-refractivity contribution in [1.82, 2.24) is 19.9 Å². The minimum atomic E-state index is -0.557. The van der Waals surface area contributed by atoms with Crippen LogP contribution in [0.25, 0.3) is 10.9 Å². The van der Waals surface area contributed by atoms with Crippen LogP contribution in [0.5, 0.6) is 0 Å². The topological polar surface area (TPSA) is 115 Å². The van der Waals surface area contributed by atoms with E-state index in [2.05, 4.69) is 33.0 Å². The highest BCUT2D eigenvalue weighted by Crippen LogP contribution is 2.21. The Hall–Kier alpha value is -3.44. The van der Waals surface area contributed by atoms with Crippen molar-refractivity contribution in [2.24, 2.45) is 5.73 Å². The Morgan fingerprint density at radius 2 is 2.07 bits per heavy atom. The lowest BCUT2D eigenvalue weighted by Crippen LogP contribution is -2.32. The molecule has 0 atom stereocenters. The lowest BCUT2D eigenvalue weighted by Gasteiger charge is -2.22. The summed E-state index contributed by atoms with van der Waals surface area (Å²) in [6.07, 6.45) is 5.53. The molecule has 0 saturated heterocycles. The minimum absolute atomic E-state index is 0.216. The van der Waals surface area contributed by atoms with Gasteiger partial charge in [0.2, 0.25) is 5.95 Å². The molecule has 8 heteroatoms. The third-order valence-corrected chi connectivity index (χ3v) is 4.94. The van der Waals surface area contributed by atoms with Crippen molar-refractivity contribution >= 4 is 22.8 Å². The van der Waals surface area contributed by atoms with Crippen molar-refractivity contribution in [3.8, 4) is 6.07 Å². The summed E-state index contributed by atoms with van der Waals surface area (Å²) in [4.78, 5) is 27.1. The molecular weight excluding hydrogens is 366 g/mol. The number of benzene rings is 1. The van der Waals surface area contributed by atoms with Crippen LogP contribution >= 0.6 is 0 Å². The highest BCUT2D eigenvalue weighted by atomic mass is 16.1. The maximum Gasteiger partial charge on any atom is 0.267 e. The molecule has 29 heavy (non-hydrogen) atoms. The number of nitrogens with zero attached hydrogens (tertiary/aromatic N) is 5.